The van der Waals surface area contributed by atoms with Gasteiger partial charge >= 0.3 is 0 Å². The van der Waals surface area contributed by atoms with Gasteiger partial charge in [-0.2, -0.15) is 0 Å². The normalized spacial score (nSPS) is 10.2. The first kappa shape index (κ1) is 18.3. The fourth-order valence-corrected chi connectivity index (χ4v) is 2.76. The SMILES string of the molecule is COc1cc(NC(=O)c2cc([N+](=O)[O-])ccc2I)c(OC)cc1Cl. The largest absolute Gasteiger partial charge is 0.495 e. The van der Waals surface area contributed by atoms with Crippen LogP contribution in [0.4, 0.5) is 11.4 Å². The number of hydrogen-bond donors (Lipinski definition) is 1. The van der Waals surface area contributed by atoms with Crippen molar-refractivity contribution in [2.45, 2.75) is 0 Å². The second-order valence-electron chi connectivity index (χ2n) is 4.56. The molecule has 0 fully saturated rings. The van der Waals surface area contributed by atoms with Crippen molar-refractivity contribution in [3.8, 4) is 11.5 Å². The molecule has 0 unspecified atom stereocenters. The minimum Gasteiger partial charge on any atom is -0.495 e. The van der Waals surface area contributed by atoms with Crippen LogP contribution in [-0.4, -0.2) is 25.1 Å². The van der Waals surface area contributed by atoms with E-state index in [1.807, 2.05) is 22.6 Å². The van der Waals surface area contributed by atoms with Crippen molar-refractivity contribution in [2.24, 2.45) is 0 Å². The summed E-state index contributed by atoms with van der Waals surface area (Å²) in [4.78, 5) is 22.8. The number of nitrogens with zero attached hydrogens (tertiary/aromatic N) is 1. The zero-order chi connectivity index (χ0) is 17.9. The van der Waals surface area contributed by atoms with Gasteiger partial charge in [0.05, 0.1) is 35.4 Å². The average molecular weight is 463 g/mol. The zero-order valence-electron chi connectivity index (χ0n) is 12.6. The van der Waals surface area contributed by atoms with Crippen molar-refractivity contribution in [3.63, 3.8) is 0 Å². The van der Waals surface area contributed by atoms with Gasteiger partial charge in [-0.25, -0.2) is 0 Å². The fraction of sp³-hybridized carbons (Fsp3) is 0.133. The van der Waals surface area contributed by atoms with Crippen LogP contribution in [0.2, 0.25) is 5.02 Å². The van der Waals surface area contributed by atoms with E-state index in [1.165, 1.54) is 44.6 Å². The number of carbonyl (C=O) groups is 1. The van der Waals surface area contributed by atoms with Gasteiger partial charge in [0.1, 0.15) is 11.5 Å². The standard InChI is InChI=1S/C15H12ClIN2O5/c1-23-13-7-12(14(24-2)6-10(13)16)18-15(20)9-5-8(19(21)22)3-4-11(9)17/h3-7H,1-2H3,(H,18,20). The summed E-state index contributed by atoms with van der Waals surface area (Å²) in [7, 11) is 2.88. The minimum atomic E-state index is -0.557. The Morgan fingerprint density at radius 2 is 1.88 bits per heavy atom. The molecule has 0 saturated heterocycles. The number of rotatable bonds is 5. The molecule has 0 bridgehead atoms. The molecule has 1 N–H and O–H groups in total. The van der Waals surface area contributed by atoms with Crippen molar-refractivity contribution in [1.82, 2.24) is 0 Å². The van der Waals surface area contributed by atoms with Crippen LogP contribution in [0, 0.1) is 13.7 Å². The molecule has 9 heteroatoms. The lowest BCUT2D eigenvalue weighted by atomic mass is 10.2. The Labute approximate surface area is 156 Å². The van der Waals surface area contributed by atoms with Crippen molar-refractivity contribution in [1.29, 1.82) is 0 Å². The molecular weight excluding hydrogens is 451 g/mol. The maximum atomic E-state index is 12.5. The molecule has 0 aliphatic carbocycles. The summed E-state index contributed by atoms with van der Waals surface area (Å²) in [5.74, 6) is 0.196. The van der Waals surface area contributed by atoms with E-state index in [9.17, 15) is 14.9 Å². The van der Waals surface area contributed by atoms with E-state index in [-0.39, 0.29) is 11.3 Å². The zero-order valence-corrected chi connectivity index (χ0v) is 15.5. The third-order valence-corrected chi connectivity index (χ3v) is 4.36. The summed E-state index contributed by atoms with van der Waals surface area (Å²) >= 11 is 7.96. The first-order valence-corrected chi connectivity index (χ1v) is 8.00. The van der Waals surface area contributed by atoms with E-state index in [4.69, 9.17) is 21.1 Å². The number of hydrogen-bond acceptors (Lipinski definition) is 5. The monoisotopic (exact) mass is 462 g/mol. The van der Waals surface area contributed by atoms with E-state index in [0.29, 0.717) is 25.8 Å². The number of methoxy groups -OCH3 is 2. The van der Waals surface area contributed by atoms with E-state index in [1.54, 1.807) is 0 Å². The first-order chi connectivity index (χ1) is 11.4. The molecule has 2 rings (SSSR count). The van der Waals surface area contributed by atoms with Crippen molar-refractivity contribution < 1.29 is 19.2 Å². The van der Waals surface area contributed by atoms with E-state index in [2.05, 4.69) is 5.32 Å². The van der Waals surface area contributed by atoms with Gasteiger partial charge in [-0.15, -0.1) is 0 Å². The first-order valence-electron chi connectivity index (χ1n) is 6.54. The van der Waals surface area contributed by atoms with Crippen LogP contribution in [0.1, 0.15) is 10.4 Å². The number of nitro benzene ring substituents is 1. The summed E-state index contributed by atoms with van der Waals surface area (Å²) in [5.41, 5.74) is 0.355. The third-order valence-electron chi connectivity index (χ3n) is 3.13. The molecule has 0 saturated carbocycles. The second-order valence-corrected chi connectivity index (χ2v) is 6.13. The number of halogens is 2. The Morgan fingerprint density at radius 3 is 2.46 bits per heavy atom. The average Bonchev–Trinajstić information content (AvgIpc) is 2.55. The molecule has 0 spiro atoms. The molecule has 7 nitrogen and oxygen atoms in total. The molecular formula is C15H12ClIN2O5. The Hall–Kier alpha value is -2.07. The van der Waals surface area contributed by atoms with Crippen LogP contribution in [0.15, 0.2) is 30.3 Å². The van der Waals surface area contributed by atoms with E-state index in [0.717, 1.165) is 0 Å². The molecule has 1 amide bonds. The molecule has 24 heavy (non-hydrogen) atoms. The molecule has 0 aliphatic heterocycles. The summed E-state index contributed by atoms with van der Waals surface area (Å²) < 4.78 is 10.9. The fourth-order valence-electron chi connectivity index (χ4n) is 1.95. The van der Waals surface area contributed by atoms with E-state index < -0.39 is 10.8 Å². The number of nitro groups is 1. The molecule has 0 aromatic heterocycles. The Balaban J connectivity index is 2.40. The van der Waals surface area contributed by atoms with Gasteiger partial charge in [-0.1, -0.05) is 11.6 Å². The maximum Gasteiger partial charge on any atom is 0.270 e. The van der Waals surface area contributed by atoms with Gasteiger partial charge in [0.15, 0.2) is 0 Å². The lowest BCUT2D eigenvalue weighted by molar-refractivity contribution is -0.384. The van der Waals surface area contributed by atoms with Gasteiger partial charge < -0.3 is 14.8 Å². The number of nitrogens with one attached hydrogen (secondary N) is 1. The van der Waals surface area contributed by atoms with Gasteiger partial charge in [-0.3, -0.25) is 14.9 Å². The highest BCUT2D eigenvalue weighted by molar-refractivity contribution is 14.1. The molecule has 0 radical (unpaired) electrons. The molecule has 126 valence electrons. The van der Waals surface area contributed by atoms with Gasteiger partial charge in [0.25, 0.3) is 11.6 Å². The lowest BCUT2D eigenvalue weighted by Crippen LogP contribution is -2.14. The van der Waals surface area contributed by atoms with Crippen LogP contribution in [0.3, 0.4) is 0 Å². The van der Waals surface area contributed by atoms with Crippen molar-refractivity contribution in [3.05, 3.63) is 54.6 Å². The molecule has 2 aromatic rings. The molecule has 0 heterocycles. The van der Waals surface area contributed by atoms with Gasteiger partial charge in [0, 0.05) is 27.8 Å². The summed E-state index contributed by atoms with van der Waals surface area (Å²) in [6.07, 6.45) is 0. The quantitative estimate of drug-likeness (QED) is 0.410. The van der Waals surface area contributed by atoms with Crippen LogP contribution in [-0.2, 0) is 0 Å². The number of carbonyl (C=O) groups excluding carboxylic acids is 1. The summed E-state index contributed by atoms with van der Waals surface area (Å²) in [5, 5.41) is 13.9. The van der Waals surface area contributed by atoms with Crippen molar-refractivity contribution in [2.75, 3.05) is 19.5 Å². The highest BCUT2D eigenvalue weighted by Crippen LogP contribution is 2.36. The van der Waals surface area contributed by atoms with Crippen molar-refractivity contribution >= 4 is 51.5 Å². The summed E-state index contributed by atoms with van der Waals surface area (Å²) in [6, 6.07) is 7.09. The number of ether oxygens (including phenoxy) is 2. The van der Waals surface area contributed by atoms with Crippen LogP contribution >= 0.6 is 34.2 Å². The Kier molecular flexibility index (Phi) is 5.84. The van der Waals surface area contributed by atoms with Gasteiger partial charge in [0.2, 0.25) is 0 Å². The highest BCUT2D eigenvalue weighted by atomic mass is 127. The van der Waals surface area contributed by atoms with Crippen LogP contribution in [0.5, 0.6) is 11.5 Å². The minimum absolute atomic E-state index is 0.166. The van der Waals surface area contributed by atoms with Crippen LogP contribution in [0.25, 0.3) is 0 Å². The smallest absolute Gasteiger partial charge is 0.270 e. The van der Waals surface area contributed by atoms with Gasteiger partial charge in [-0.05, 0) is 28.7 Å². The number of anilines is 1. The number of non-ortho nitro benzene ring substituents is 1. The van der Waals surface area contributed by atoms with E-state index >= 15 is 0 Å². The third kappa shape index (κ3) is 3.88. The summed E-state index contributed by atoms with van der Waals surface area (Å²) in [6.45, 7) is 0. The Morgan fingerprint density at radius 1 is 1.21 bits per heavy atom. The number of amides is 1. The maximum absolute atomic E-state index is 12.5. The topological polar surface area (TPSA) is 90.7 Å². The molecule has 0 aliphatic rings. The molecule has 0 atom stereocenters. The predicted octanol–water partition coefficient (Wildman–Crippen LogP) is 4.12. The van der Waals surface area contributed by atoms with Crippen LogP contribution < -0.4 is 14.8 Å². The Bertz CT molecular complexity index is 813. The highest BCUT2D eigenvalue weighted by Gasteiger charge is 2.18. The lowest BCUT2D eigenvalue weighted by Gasteiger charge is -2.13. The second kappa shape index (κ2) is 7.67. The number of benzene rings is 2. The predicted molar refractivity (Wildman–Crippen MR) is 98.3 cm³/mol. The molecule has 2 aromatic carbocycles.